The van der Waals surface area contributed by atoms with E-state index in [0.717, 1.165) is 40.3 Å². The first-order chi connectivity index (χ1) is 14.6. The van der Waals surface area contributed by atoms with Gasteiger partial charge in [-0.3, -0.25) is 0 Å². The molecule has 148 valence electrons. The van der Waals surface area contributed by atoms with Crippen LogP contribution in [0.15, 0.2) is 72.8 Å². The Morgan fingerprint density at radius 2 is 1.37 bits per heavy atom. The number of H-pyrrole nitrogens is 2. The van der Waals surface area contributed by atoms with Crippen molar-refractivity contribution in [1.82, 2.24) is 15.0 Å². The Hall–Kier alpha value is -3.59. The highest BCUT2D eigenvalue weighted by Gasteiger charge is 2.20. The van der Waals surface area contributed by atoms with Crippen LogP contribution in [0.5, 0.6) is 0 Å². The zero-order valence-electron chi connectivity index (χ0n) is 17.6. The maximum atomic E-state index is 5.13. The summed E-state index contributed by atoms with van der Waals surface area (Å²) in [6.45, 7) is 6.40. The molecule has 0 bridgehead atoms. The van der Waals surface area contributed by atoms with E-state index in [2.05, 4.69) is 104 Å². The number of benzene rings is 3. The molecule has 30 heavy (non-hydrogen) atoms. The van der Waals surface area contributed by atoms with E-state index in [1.807, 2.05) is 0 Å². The van der Waals surface area contributed by atoms with Crippen molar-refractivity contribution in [3.8, 4) is 33.9 Å². The van der Waals surface area contributed by atoms with Crippen LogP contribution in [-0.2, 0) is 6.42 Å². The minimum Gasteiger partial charge on any atom is -0.358 e. The highest BCUT2D eigenvalue weighted by Crippen LogP contribution is 2.37. The minimum atomic E-state index is 0.912. The van der Waals surface area contributed by atoms with E-state index in [-0.39, 0.29) is 0 Å². The van der Waals surface area contributed by atoms with Crippen molar-refractivity contribution < 1.29 is 0 Å². The maximum Gasteiger partial charge on any atom is 0.140 e. The number of imidazole rings is 1. The highest BCUT2D eigenvalue weighted by atomic mass is 14.9. The lowest BCUT2D eigenvalue weighted by atomic mass is 10.0. The molecular weight excluding hydrogens is 366 g/mol. The van der Waals surface area contributed by atoms with Crippen LogP contribution in [0, 0.1) is 13.8 Å². The summed E-state index contributed by atoms with van der Waals surface area (Å²) in [4.78, 5) is 12.4. The van der Waals surface area contributed by atoms with Crippen LogP contribution >= 0.6 is 0 Å². The van der Waals surface area contributed by atoms with E-state index in [1.54, 1.807) is 0 Å². The van der Waals surface area contributed by atoms with Gasteiger partial charge >= 0.3 is 0 Å². The molecule has 2 heterocycles. The second-order valence-electron chi connectivity index (χ2n) is 7.92. The summed E-state index contributed by atoms with van der Waals surface area (Å²) in [6, 6.07) is 25.7. The Morgan fingerprint density at radius 3 is 2.03 bits per heavy atom. The molecular formula is C27H25N3. The summed E-state index contributed by atoms with van der Waals surface area (Å²) in [5.74, 6) is 0.912. The van der Waals surface area contributed by atoms with E-state index in [0.29, 0.717) is 0 Å². The Morgan fingerprint density at radius 1 is 0.733 bits per heavy atom. The maximum absolute atomic E-state index is 5.13. The van der Waals surface area contributed by atoms with Crippen LogP contribution in [0.2, 0.25) is 0 Å². The molecule has 3 aromatic carbocycles. The zero-order valence-corrected chi connectivity index (χ0v) is 17.6. The van der Waals surface area contributed by atoms with Gasteiger partial charge in [0.1, 0.15) is 5.82 Å². The summed E-state index contributed by atoms with van der Waals surface area (Å²) in [5.41, 5.74) is 10.3. The fourth-order valence-electron chi connectivity index (χ4n) is 4.07. The molecule has 0 spiro atoms. The van der Waals surface area contributed by atoms with Gasteiger partial charge in [-0.2, -0.15) is 0 Å². The summed E-state index contributed by atoms with van der Waals surface area (Å²) in [7, 11) is 0. The number of hydrogen-bond donors (Lipinski definition) is 2. The first-order valence-corrected chi connectivity index (χ1v) is 10.5. The Balaban J connectivity index is 1.76. The summed E-state index contributed by atoms with van der Waals surface area (Å²) >= 11 is 0. The van der Waals surface area contributed by atoms with Gasteiger partial charge in [-0.1, -0.05) is 84.8 Å². The smallest absolute Gasteiger partial charge is 0.140 e. The Labute approximate surface area is 176 Å². The third-order valence-electron chi connectivity index (χ3n) is 5.74. The molecule has 3 nitrogen and oxygen atoms in total. The number of aryl methyl sites for hydroxylation is 3. The number of aromatic nitrogens is 3. The van der Waals surface area contributed by atoms with Crippen molar-refractivity contribution in [3.63, 3.8) is 0 Å². The Bertz CT molecular complexity index is 1260. The zero-order chi connectivity index (χ0) is 20.7. The second kappa shape index (κ2) is 7.34. The molecule has 0 amide bonds. The number of nitrogens with one attached hydrogen (secondary N) is 2. The number of nitrogens with zero attached hydrogens (tertiary/aromatic N) is 1. The molecule has 0 radical (unpaired) electrons. The number of para-hydroxylation sites is 1. The van der Waals surface area contributed by atoms with Gasteiger partial charge in [-0.15, -0.1) is 0 Å². The van der Waals surface area contributed by atoms with Crippen molar-refractivity contribution in [2.45, 2.75) is 27.2 Å². The monoisotopic (exact) mass is 391 g/mol. The number of fused-ring (bicyclic) bond motifs is 1. The van der Waals surface area contributed by atoms with Gasteiger partial charge < -0.3 is 9.97 Å². The minimum absolute atomic E-state index is 0.912. The molecule has 0 saturated carbocycles. The van der Waals surface area contributed by atoms with Crippen LogP contribution in [0.3, 0.4) is 0 Å². The third kappa shape index (κ3) is 3.13. The Kier molecular flexibility index (Phi) is 4.51. The predicted molar refractivity (Wildman–Crippen MR) is 126 cm³/mol. The van der Waals surface area contributed by atoms with Crippen LogP contribution in [0.25, 0.3) is 44.8 Å². The van der Waals surface area contributed by atoms with E-state index in [1.165, 1.54) is 27.8 Å². The van der Waals surface area contributed by atoms with Crippen molar-refractivity contribution in [2.24, 2.45) is 0 Å². The summed E-state index contributed by atoms with van der Waals surface area (Å²) in [5, 5.41) is 1.20. The molecule has 5 aromatic rings. The van der Waals surface area contributed by atoms with Crippen LogP contribution in [-0.4, -0.2) is 15.0 Å². The third-order valence-corrected chi connectivity index (χ3v) is 5.74. The fraction of sp³-hybridized carbons (Fsp3) is 0.148. The number of rotatable bonds is 4. The molecule has 0 unspecified atom stereocenters. The first-order valence-electron chi connectivity index (χ1n) is 10.5. The van der Waals surface area contributed by atoms with Gasteiger partial charge in [-0.25, -0.2) is 4.98 Å². The largest absolute Gasteiger partial charge is 0.358 e. The number of hydrogen-bond acceptors (Lipinski definition) is 1. The SMILES string of the molecule is CCc1[nH]c2ccccc2c1-c1nc(-c2ccc(C)cc2)c(-c2ccc(C)cc2)[nH]1. The molecule has 2 N–H and O–H groups in total. The molecule has 0 fully saturated rings. The van der Waals surface area contributed by atoms with Crippen molar-refractivity contribution in [3.05, 3.63) is 89.6 Å². The lowest BCUT2D eigenvalue weighted by Gasteiger charge is -2.04. The van der Waals surface area contributed by atoms with Gasteiger partial charge in [0, 0.05) is 33.3 Å². The van der Waals surface area contributed by atoms with Crippen LogP contribution < -0.4 is 0 Å². The molecule has 3 heteroatoms. The second-order valence-corrected chi connectivity index (χ2v) is 7.92. The average molecular weight is 392 g/mol. The van der Waals surface area contributed by atoms with Gasteiger partial charge in [0.15, 0.2) is 0 Å². The van der Waals surface area contributed by atoms with E-state index in [9.17, 15) is 0 Å². The first kappa shape index (κ1) is 18.4. The standard InChI is InChI=1S/C27H25N3/c1-4-22-24(21-7-5-6-8-23(21)28-22)27-29-25(19-13-9-17(2)10-14-19)26(30-27)20-15-11-18(3)12-16-20/h5-16,28H,4H2,1-3H3,(H,29,30). The summed E-state index contributed by atoms with van der Waals surface area (Å²) < 4.78 is 0. The van der Waals surface area contributed by atoms with Gasteiger partial charge in [0.2, 0.25) is 0 Å². The molecule has 5 rings (SSSR count). The molecule has 2 aromatic heterocycles. The fourth-order valence-corrected chi connectivity index (χ4v) is 4.07. The summed E-state index contributed by atoms with van der Waals surface area (Å²) in [6.07, 6.45) is 0.921. The van der Waals surface area contributed by atoms with Crippen LogP contribution in [0.4, 0.5) is 0 Å². The average Bonchev–Trinajstić information content (AvgIpc) is 3.36. The van der Waals surface area contributed by atoms with Crippen molar-refractivity contribution in [1.29, 1.82) is 0 Å². The lowest BCUT2D eigenvalue weighted by Crippen LogP contribution is -1.87. The molecule has 0 aliphatic heterocycles. The molecule has 0 atom stereocenters. The van der Waals surface area contributed by atoms with Crippen LogP contribution in [0.1, 0.15) is 23.7 Å². The van der Waals surface area contributed by atoms with Gasteiger partial charge in [-0.05, 0) is 26.3 Å². The van der Waals surface area contributed by atoms with Crippen molar-refractivity contribution >= 4 is 10.9 Å². The lowest BCUT2D eigenvalue weighted by molar-refractivity contribution is 1.07. The van der Waals surface area contributed by atoms with E-state index >= 15 is 0 Å². The van der Waals surface area contributed by atoms with E-state index < -0.39 is 0 Å². The van der Waals surface area contributed by atoms with Gasteiger partial charge in [0.05, 0.1) is 11.4 Å². The topological polar surface area (TPSA) is 44.5 Å². The number of aromatic amines is 2. The highest BCUT2D eigenvalue weighted by molar-refractivity contribution is 5.97. The van der Waals surface area contributed by atoms with Gasteiger partial charge in [0.25, 0.3) is 0 Å². The normalized spacial score (nSPS) is 11.3. The molecule has 0 aliphatic carbocycles. The van der Waals surface area contributed by atoms with Crippen molar-refractivity contribution in [2.75, 3.05) is 0 Å². The molecule has 0 aliphatic rings. The predicted octanol–water partition coefficient (Wildman–Crippen LogP) is 7.07. The quantitative estimate of drug-likeness (QED) is 0.338. The molecule has 0 saturated heterocycles. The van der Waals surface area contributed by atoms with E-state index in [4.69, 9.17) is 4.98 Å².